The molecule has 3 aliphatic carbocycles. The molecule has 6 fully saturated rings. The van der Waals surface area contributed by atoms with Crippen molar-refractivity contribution in [3.63, 3.8) is 0 Å². The maximum absolute atomic E-state index is 11.9. The minimum absolute atomic E-state index is 0.226. The Balaban J connectivity index is 1.81. The summed E-state index contributed by atoms with van der Waals surface area (Å²) in [7, 11) is 0. The van der Waals surface area contributed by atoms with Crippen LogP contribution in [-0.2, 0) is 14.3 Å². The molecule has 3 nitrogen and oxygen atoms in total. The fraction of sp³-hybridized carbons (Fsp3) is 0.900. The third-order valence-electron chi connectivity index (χ3n) is 4.87. The highest BCUT2D eigenvalue weighted by Gasteiger charge is 2.78. The standard InChI is InChI=1S/C10H10O3/c11-7-2-1-3-5(7)6-8(12-3)4(2)9-10(6)13-9/h2-6,8-10H,1H2. The number of rotatable bonds is 0. The van der Waals surface area contributed by atoms with Gasteiger partial charge in [0, 0.05) is 17.8 Å². The van der Waals surface area contributed by atoms with Gasteiger partial charge in [-0.3, -0.25) is 4.79 Å². The molecule has 68 valence electrons. The number of hydrogen-bond acceptors (Lipinski definition) is 3. The van der Waals surface area contributed by atoms with Crippen molar-refractivity contribution in [3.05, 3.63) is 0 Å². The van der Waals surface area contributed by atoms with E-state index in [4.69, 9.17) is 9.47 Å². The Morgan fingerprint density at radius 3 is 2.85 bits per heavy atom. The third kappa shape index (κ3) is 0.433. The van der Waals surface area contributed by atoms with Gasteiger partial charge in [0.2, 0.25) is 0 Å². The molecule has 8 atom stereocenters. The second kappa shape index (κ2) is 1.48. The second-order valence-electron chi connectivity index (χ2n) is 5.13. The molecule has 0 spiro atoms. The highest BCUT2D eigenvalue weighted by molar-refractivity contribution is 5.89. The van der Waals surface area contributed by atoms with E-state index < -0.39 is 0 Å². The molecule has 6 bridgehead atoms. The average molecular weight is 178 g/mol. The first-order valence-electron chi connectivity index (χ1n) is 5.21. The van der Waals surface area contributed by atoms with Crippen LogP contribution in [0.5, 0.6) is 0 Å². The lowest BCUT2D eigenvalue weighted by Crippen LogP contribution is -2.42. The second-order valence-corrected chi connectivity index (χ2v) is 5.13. The van der Waals surface area contributed by atoms with E-state index in [1.54, 1.807) is 0 Å². The van der Waals surface area contributed by atoms with Crippen LogP contribution in [-0.4, -0.2) is 30.2 Å². The lowest BCUT2D eigenvalue weighted by Gasteiger charge is -2.33. The van der Waals surface area contributed by atoms with Crippen LogP contribution in [0.4, 0.5) is 0 Å². The summed E-state index contributed by atoms with van der Waals surface area (Å²) in [5, 5.41) is 0. The number of hydrogen-bond donors (Lipinski definition) is 0. The summed E-state index contributed by atoms with van der Waals surface area (Å²) in [6, 6.07) is 0. The van der Waals surface area contributed by atoms with Gasteiger partial charge >= 0.3 is 0 Å². The molecule has 0 amide bonds. The number of ketones is 1. The maximum Gasteiger partial charge on any atom is 0.142 e. The van der Waals surface area contributed by atoms with Crippen molar-refractivity contribution >= 4 is 5.78 Å². The predicted molar refractivity (Wildman–Crippen MR) is 40.9 cm³/mol. The van der Waals surface area contributed by atoms with E-state index in [9.17, 15) is 4.79 Å². The molecule has 3 aliphatic heterocycles. The largest absolute Gasteiger partial charge is 0.373 e. The van der Waals surface area contributed by atoms with E-state index in [0.717, 1.165) is 6.42 Å². The summed E-state index contributed by atoms with van der Waals surface area (Å²) < 4.78 is 11.5. The summed E-state index contributed by atoms with van der Waals surface area (Å²) in [6.07, 6.45) is 2.46. The van der Waals surface area contributed by atoms with Gasteiger partial charge in [-0.1, -0.05) is 0 Å². The van der Waals surface area contributed by atoms with Crippen LogP contribution in [0.25, 0.3) is 0 Å². The number of carbonyl (C=O) groups is 1. The summed E-state index contributed by atoms with van der Waals surface area (Å²) in [4.78, 5) is 11.9. The zero-order valence-electron chi connectivity index (χ0n) is 7.05. The van der Waals surface area contributed by atoms with E-state index in [-0.39, 0.29) is 12.0 Å². The Morgan fingerprint density at radius 2 is 1.92 bits per heavy atom. The van der Waals surface area contributed by atoms with Crippen molar-refractivity contribution in [2.24, 2.45) is 23.7 Å². The Labute approximate surface area is 75.4 Å². The summed E-state index contributed by atoms with van der Waals surface area (Å²) in [6.45, 7) is 0. The summed E-state index contributed by atoms with van der Waals surface area (Å²) in [5.74, 6) is 1.93. The Kier molecular flexibility index (Phi) is 0.702. The number of ether oxygens (including phenoxy) is 2. The minimum atomic E-state index is 0.226. The van der Waals surface area contributed by atoms with Gasteiger partial charge in [0.05, 0.1) is 30.3 Å². The van der Waals surface area contributed by atoms with Gasteiger partial charge in [0.25, 0.3) is 0 Å². The van der Waals surface area contributed by atoms with Crippen molar-refractivity contribution in [2.45, 2.75) is 30.8 Å². The third-order valence-corrected chi connectivity index (χ3v) is 4.87. The number of epoxide rings is 1. The normalized spacial score (nSPS) is 74.9. The van der Waals surface area contributed by atoms with Gasteiger partial charge in [0.1, 0.15) is 5.78 Å². The Morgan fingerprint density at radius 1 is 1.08 bits per heavy atom. The molecule has 0 N–H and O–H groups in total. The van der Waals surface area contributed by atoms with Gasteiger partial charge in [-0.15, -0.1) is 0 Å². The van der Waals surface area contributed by atoms with Crippen molar-refractivity contribution in [3.8, 4) is 0 Å². The topological polar surface area (TPSA) is 38.8 Å². The van der Waals surface area contributed by atoms with Crippen molar-refractivity contribution < 1.29 is 14.3 Å². The SMILES string of the molecule is O=C1C2CC3OC4C2C2OC2C4C13. The molecule has 6 rings (SSSR count). The fourth-order valence-corrected chi connectivity index (χ4v) is 4.50. The molecule has 3 heterocycles. The molecular formula is C10H10O3. The first-order chi connectivity index (χ1) is 6.36. The molecule has 6 aliphatic rings. The summed E-state index contributed by atoms with van der Waals surface area (Å²) in [5.41, 5.74) is 0. The Bertz CT molecular complexity index is 329. The van der Waals surface area contributed by atoms with Crippen molar-refractivity contribution in [1.29, 1.82) is 0 Å². The smallest absolute Gasteiger partial charge is 0.142 e. The van der Waals surface area contributed by atoms with Crippen LogP contribution >= 0.6 is 0 Å². The van der Waals surface area contributed by atoms with Crippen LogP contribution in [0.3, 0.4) is 0 Å². The lowest BCUT2D eigenvalue weighted by atomic mass is 9.76. The first kappa shape index (κ1) is 6.14. The predicted octanol–water partition coefficient (Wildman–Crippen LogP) is -0.0140. The molecule has 3 saturated carbocycles. The van der Waals surface area contributed by atoms with E-state index in [2.05, 4.69) is 0 Å². The monoisotopic (exact) mass is 178 g/mol. The van der Waals surface area contributed by atoms with Crippen LogP contribution in [0.1, 0.15) is 6.42 Å². The molecule has 0 aromatic heterocycles. The van der Waals surface area contributed by atoms with Gasteiger partial charge < -0.3 is 9.47 Å². The van der Waals surface area contributed by atoms with Crippen LogP contribution in [0.2, 0.25) is 0 Å². The van der Waals surface area contributed by atoms with Crippen molar-refractivity contribution in [2.75, 3.05) is 0 Å². The van der Waals surface area contributed by atoms with E-state index in [1.165, 1.54) is 0 Å². The molecule has 3 saturated heterocycles. The summed E-state index contributed by atoms with van der Waals surface area (Å²) >= 11 is 0. The van der Waals surface area contributed by atoms with Crippen molar-refractivity contribution in [1.82, 2.24) is 0 Å². The van der Waals surface area contributed by atoms with Crippen LogP contribution in [0, 0.1) is 23.7 Å². The average Bonchev–Trinajstić information content (AvgIpc) is 2.66. The zero-order valence-corrected chi connectivity index (χ0v) is 7.05. The van der Waals surface area contributed by atoms with Gasteiger partial charge in [0.15, 0.2) is 0 Å². The lowest BCUT2D eigenvalue weighted by molar-refractivity contribution is -0.133. The van der Waals surface area contributed by atoms with Gasteiger partial charge in [-0.05, 0) is 6.42 Å². The van der Waals surface area contributed by atoms with E-state index >= 15 is 0 Å². The van der Waals surface area contributed by atoms with E-state index in [0.29, 0.717) is 41.8 Å². The quantitative estimate of drug-likeness (QED) is 0.489. The molecule has 13 heavy (non-hydrogen) atoms. The van der Waals surface area contributed by atoms with Gasteiger partial charge in [-0.25, -0.2) is 0 Å². The fourth-order valence-electron chi connectivity index (χ4n) is 4.50. The van der Waals surface area contributed by atoms with Crippen LogP contribution < -0.4 is 0 Å². The molecule has 0 aromatic carbocycles. The highest BCUT2D eigenvalue weighted by Crippen LogP contribution is 2.67. The molecular weight excluding hydrogens is 168 g/mol. The minimum Gasteiger partial charge on any atom is -0.373 e. The zero-order chi connectivity index (χ0) is 8.32. The first-order valence-corrected chi connectivity index (χ1v) is 5.21. The molecule has 0 aromatic rings. The molecule has 3 heteroatoms. The van der Waals surface area contributed by atoms with E-state index in [1.807, 2.05) is 0 Å². The molecule has 0 radical (unpaired) electrons. The highest BCUT2D eigenvalue weighted by atomic mass is 16.6. The number of Topliss-reactive ketones (excluding diaryl/α,β-unsaturated/α-hetero) is 1. The maximum atomic E-state index is 11.9. The van der Waals surface area contributed by atoms with Gasteiger partial charge in [-0.2, -0.15) is 0 Å². The molecule has 8 unspecified atom stereocenters. The number of fused-ring (bicyclic) bond motifs is 1. The number of carbonyl (C=O) groups excluding carboxylic acids is 1. The Hall–Kier alpha value is -0.410. The van der Waals surface area contributed by atoms with Crippen LogP contribution in [0.15, 0.2) is 0 Å².